The third kappa shape index (κ3) is 4.95. The summed E-state index contributed by atoms with van der Waals surface area (Å²) in [5, 5.41) is 5.56. The molecule has 0 bridgehead atoms. The number of hydrogen-bond acceptors (Lipinski definition) is 3. The number of unbranched alkanes of at least 4 members (excludes halogenated alkanes) is 1. The molecule has 16 heavy (non-hydrogen) atoms. The Morgan fingerprint density at radius 1 is 1.50 bits per heavy atom. The molecule has 1 heterocycles. The zero-order chi connectivity index (χ0) is 11.8. The van der Waals surface area contributed by atoms with Gasteiger partial charge >= 0.3 is 0 Å². The smallest absolute Gasteiger partial charge is 0.0591 e. The van der Waals surface area contributed by atoms with Crippen LogP contribution in [0.15, 0.2) is 15.9 Å². The first-order chi connectivity index (χ1) is 7.75. The average molecular weight is 306 g/mol. The number of rotatable bonds is 8. The van der Waals surface area contributed by atoms with E-state index >= 15 is 0 Å². The van der Waals surface area contributed by atoms with Gasteiger partial charge in [-0.05, 0) is 40.7 Å². The number of halogens is 1. The number of nitrogens with one attached hydrogen (secondary N) is 1. The van der Waals surface area contributed by atoms with Crippen LogP contribution in [-0.2, 0) is 4.74 Å². The largest absolute Gasteiger partial charge is 0.380 e. The molecule has 4 heteroatoms. The van der Waals surface area contributed by atoms with E-state index in [9.17, 15) is 0 Å². The SMILES string of the molecule is CCCCOCCNC(C)c1sccc1Br. The second kappa shape index (κ2) is 8.23. The van der Waals surface area contributed by atoms with Crippen LogP contribution < -0.4 is 5.32 Å². The molecule has 1 N–H and O–H groups in total. The van der Waals surface area contributed by atoms with E-state index in [0.717, 1.165) is 26.2 Å². The first kappa shape index (κ1) is 14.2. The van der Waals surface area contributed by atoms with Crippen LogP contribution in [0.4, 0.5) is 0 Å². The summed E-state index contributed by atoms with van der Waals surface area (Å²) in [5.74, 6) is 0. The van der Waals surface area contributed by atoms with E-state index in [2.05, 4.69) is 46.5 Å². The summed E-state index contributed by atoms with van der Waals surface area (Å²) in [6.07, 6.45) is 2.36. The Morgan fingerprint density at radius 2 is 2.31 bits per heavy atom. The predicted octanol–water partition coefficient (Wildman–Crippen LogP) is 3.98. The fourth-order valence-electron chi connectivity index (χ4n) is 1.40. The molecule has 1 aromatic rings. The van der Waals surface area contributed by atoms with Crippen LogP contribution in [0.5, 0.6) is 0 Å². The molecule has 1 rings (SSSR count). The lowest BCUT2D eigenvalue weighted by atomic mass is 10.3. The van der Waals surface area contributed by atoms with Gasteiger partial charge in [-0.1, -0.05) is 13.3 Å². The van der Waals surface area contributed by atoms with Gasteiger partial charge in [0.2, 0.25) is 0 Å². The molecule has 0 saturated heterocycles. The van der Waals surface area contributed by atoms with Gasteiger partial charge in [0.25, 0.3) is 0 Å². The highest BCUT2D eigenvalue weighted by Gasteiger charge is 2.09. The maximum absolute atomic E-state index is 5.50. The Kier molecular flexibility index (Phi) is 7.28. The zero-order valence-electron chi connectivity index (χ0n) is 9.96. The van der Waals surface area contributed by atoms with E-state index in [-0.39, 0.29) is 0 Å². The van der Waals surface area contributed by atoms with Gasteiger partial charge in [0.1, 0.15) is 0 Å². The van der Waals surface area contributed by atoms with Crippen LogP contribution in [0.1, 0.15) is 37.6 Å². The Bertz CT molecular complexity index is 290. The van der Waals surface area contributed by atoms with Gasteiger partial charge in [-0.25, -0.2) is 0 Å². The van der Waals surface area contributed by atoms with Crippen molar-refractivity contribution in [3.05, 3.63) is 20.8 Å². The van der Waals surface area contributed by atoms with E-state index < -0.39 is 0 Å². The Morgan fingerprint density at radius 3 is 2.94 bits per heavy atom. The van der Waals surface area contributed by atoms with Gasteiger partial charge in [0, 0.05) is 28.5 Å². The van der Waals surface area contributed by atoms with Crippen LogP contribution in [-0.4, -0.2) is 19.8 Å². The summed E-state index contributed by atoms with van der Waals surface area (Å²) in [4.78, 5) is 1.36. The highest BCUT2D eigenvalue weighted by molar-refractivity contribution is 9.10. The summed E-state index contributed by atoms with van der Waals surface area (Å²) >= 11 is 5.33. The first-order valence-electron chi connectivity index (χ1n) is 5.79. The van der Waals surface area contributed by atoms with Crippen LogP contribution in [0.2, 0.25) is 0 Å². The lowest BCUT2D eigenvalue weighted by molar-refractivity contribution is 0.131. The van der Waals surface area contributed by atoms with Crippen molar-refractivity contribution in [3.8, 4) is 0 Å². The molecule has 0 spiro atoms. The van der Waals surface area contributed by atoms with Crippen molar-refractivity contribution in [1.82, 2.24) is 5.32 Å². The molecule has 0 aliphatic carbocycles. The summed E-state index contributed by atoms with van der Waals surface area (Å²) in [5.41, 5.74) is 0. The third-order valence-corrected chi connectivity index (χ3v) is 4.43. The second-order valence-electron chi connectivity index (χ2n) is 3.77. The van der Waals surface area contributed by atoms with Gasteiger partial charge in [-0.3, -0.25) is 0 Å². The monoisotopic (exact) mass is 305 g/mol. The number of thiophene rings is 1. The molecule has 0 fully saturated rings. The average Bonchev–Trinajstić information content (AvgIpc) is 2.69. The second-order valence-corrected chi connectivity index (χ2v) is 5.58. The van der Waals surface area contributed by atoms with Crippen molar-refractivity contribution in [2.24, 2.45) is 0 Å². The molecule has 0 aliphatic rings. The zero-order valence-corrected chi connectivity index (χ0v) is 12.4. The van der Waals surface area contributed by atoms with Crippen LogP contribution >= 0.6 is 27.3 Å². The fraction of sp³-hybridized carbons (Fsp3) is 0.667. The fourth-order valence-corrected chi connectivity index (χ4v) is 3.15. The van der Waals surface area contributed by atoms with Gasteiger partial charge in [0.15, 0.2) is 0 Å². The van der Waals surface area contributed by atoms with Gasteiger partial charge < -0.3 is 10.1 Å². The van der Waals surface area contributed by atoms with Crippen molar-refractivity contribution in [2.45, 2.75) is 32.7 Å². The molecule has 1 aromatic heterocycles. The molecular formula is C12H20BrNOS. The minimum Gasteiger partial charge on any atom is -0.380 e. The molecule has 0 aromatic carbocycles. The maximum atomic E-state index is 5.50. The summed E-state index contributed by atoms with van der Waals surface area (Å²) in [6, 6.07) is 2.49. The minimum absolute atomic E-state index is 0.393. The lowest BCUT2D eigenvalue weighted by Crippen LogP contribution is -2.23. The van der Waals surface area contributed by atoms with Crippen molar-refractivity contribution in [3.63, 3.8) is 0 Å². The maximum Gasteiger partial charge on any atom is 0.0591 e. The quantitative estimate of drug-likeness (QED) is 0.734. The molecule has 0 saturated carbocycles. The van der Waals surface area contributed by atoms with E-state index in [1.54, 1.807) is 11.3 Å². The van der Waals surface area contributed by atoms with Gasteiger partial charge in [0.05, 0.1) is 6.61 Å². The minimum atomic E-state index is 0.393. The van der Waals surface area contributed by atoms with E-state index in [1.807, 2.05) is 0 Å². The van der Waals surface area contributed by atoms with E-state index in [0.29, 0.717) is 6.04 Å². The van der Waals surface area contributed by atoms with Crippen molar-refractivity contribution >= 4 is 27.3 Å². The highest BCUT2D eigenvalue weighted by atomic mass is 79.9. The summed E-state index contributed by atoms with van der Waals surface area (Å²) in [6.45, 7) is 6.96. The standard InChI is InChI=1S/C12H20BrNOS/c1-3-4-7-15-8-6-14-10(2)12-11(13)5-9-16-12/h5,9-10,14H,3-4,6-8H2,1-2H3. The Balaban J connectivity index is 2.11. The van der Waals surface area contributed by atoms with Crippen LogP contribution in [0.3, 0.4) is 0 Å². The van der Waals surface area contributed by atoms with E-state index in [4.69, 9.17) is 4.74 Å². The summed E-state index contributed by atoms with van der Waals surface area (Å²) < 4.78 is 6.70. The molecule has 1 atom stereocenters. The number of ether oxygens (including phenoxy) is 1. The van der Waals surface area contributed by atoms with Crippen LogP contribution in [0, 0.1) is 0 Å². The molecule has 1 unspecified atom stereocenters. The molecular weight excluding hydrogens is 286 g/mol. The van der Waals surface area contributed by atoms with Crippen LogP contribution in [0.25, 0.3) is 0 Å². The normalized spacial score (nSPS) is 12.9. The number of hydrogen-bond donors (Lipinski definition) is 1. The summed E-state index contributed by atoms with van der Waals surface area (Å²) in [7, 11) is 0. The van der Waals surface area contributed by atoms with Crippen molar-refractivity contribution < 1.29 is 4.74 Å². The lowest BCUT2D eigenvalue weighted by Gasteiger charge is -2.13. The molecule has 0 radical (unpaired) electrons. The Hall–Kier alpha value is 0.100. The molecule has 92 valence electrons. The van der Waals surface area contributed by atoms with E-state index in [1.165, 1.54) is 15.8 Å². The van der Waals surface area contributed by atoms with Crippen molar-refractivity contribution in [2.75, 3.05) is 19.8 Å². The van der Waals surface area contributed by atoms with Crippen molar-refractivity contribution in [1.29, 1.82) is 0 Å². The molecule has 0 aliphatic heterocycles. The predicted molar refractivity (Wildman–Crippen MR) is 74.2 cm³/mol. The topological polar surface area (TPSA) is 21.3 Å². The Labute approximate surface area is 111 Å². The molecule has 0 amide bonds. The first-order valence-corrected chi connectivity index (χ1v) is 7.47. The van der Waals surface area contributed by atoms with Gasteiger partial charge in [-0.2, -0.15) is 0 Å². The third-order valence-electron chi connectivity index (χ3n) is 2.38. The van der Waals surface area contributed by atoms with Gasteiger partial charge in [-0.15, -0.1) is 11.3 Å². The highest BCUT2D eigenvalue weighted by Crippen LogP contribution is 2.28. The molecule has 2 nitrogen and oxygen atoms in total.